The van der Waals surface area contributed by atoms with Crippen molar-refractivity contribution in [3.05, 3.63) is 24.3 Å². The number of para-hydroxylation sites is 1. The van der Waals surface area contributed by atoms with E-state index in [9.17, 15) is 0 Å². The number of nitrogens with zero attached hydrogens (tertiary/aromatic N) is 3. The summed E-state index contributed by atoms with van der Waals surface area (Å²) >= 11 is 0. The first-order chi connectivity index (χ1) is 15.8. The number of likely N-dealkylation sites (tertiary alicyclic amines) is 1. The molecular formula is C24H40N8. The molecular weight excluding hydrogens is 400 g/mol. The van der Waals surface area contributed by atoms with Crippen LogP contribution in [0.5, 0.6) is 0 Å². The Morgan fingerprint density at radius 2 is 1.75 bits per heavy atom. The minimum atomic E-state index is 0.425. The summed E-state index contributed by atoms with van der Waals surface area (Å²) in [6, 6.07) is 9.36. The predicted molar refractivity (Wildman–Crippen MR) is 133 cm³/mol. The van der Waals surface area contributed by atoms with Crippen LogP contribution in [0.1, 0.15) is 51.4 Å². The molecule has 8 heteroatoms. The molecule has 1 aliphatic heterocycles. The van der Waals surface area contributed by atoms with E-state index in [0.29, 0.717) is 12.0 Å². The van der Waals surface area contributed by atoms with E-state index in [4.69, 9.17) is 15.7 Å². The number of hydrazine groups is 1. The van der Waals surface area contributed by atoms with Crippen LogP contribution in [0.4, 0.5) is 11.8 Å². The SMILES string of the molecule is NCCN1CCC(Nc2nc(NNCCCNC3CCCCC3)nc3ccccc23)CC1. The zero-order chi connectivity index (χ0) is 22.0. The monoisotopic (exact) mass is 440 g/mol. The molecule has 2 aliphatic rings. The summed E-state index contributed by atoms with van der Waals surface area (Å²) in [5.41, 5.74) is 13.2. The van der Waals surface area contributed by atoms with Gasteiger partial charge in [-0.05, 0) is 50.8 Å². The molecule has 8 nitrogen and oxygen atoms in total. The van der Waals surface area contributed by atoms with Gasteiger partial charge in [0, 0.05) is 50.2 Å². The van der Waals surface area contributed by atoms with Gasteiger partial charge >= 0.3 is 0 Å². The van der Waals surface area contributed by atoms with Crippen molar-refractivity contribution in [1.82, 2.24) is 25.6 Å². The van der Waals surface area contributed by atoms with Crippen LogP contribution >= 0.6 is 0 Å². The van der Waals surface area contributed by atoms with E-state index >= 15 is 0 Å². The number of fused-ring (bicyclic) bond motifs is 1. The van der Waals surface area contributed by atoms with E-state index in [1.54, 1.807) is 0 Å². The van der Waals surface area contributed by atoms with Gasteiger partial charge in [0.15, 0.2) is 0 Å². The molecule has 0 atom stereocenters. The highest BCUT2D eigenvalue weighted by Crippen LogP contribution is 2.24. The number of hydrogen-bond acceptors (Lipinski definition) is 8. The normalized spacial score (nSPS) is 18.8. The van der Waals surface area contributed by atoms with E-state index in [0.717, 1.165) is 81.3 Å². The summed E-state index contributed by atoms with van der Waals surface area (Å²) in [7, 11) is 0. The van der Waals surface area contributed by atoms with E-state index in [1.165, 1.54) is 32.1 Å². The lowest BCUT2D eigenvalue weighted by Crippen LogP contribution is -2.41. The number of aromatic nitrogens is 2. The highest BCUT2D eigenvalue weighted by molar-refractivity contribution is 5.90. The molecule has 0 bridgehead atoms. The van der Waals surface area contributed by atoms with E-state index in [-0.39, 0.29) is 0 Å². The standard InChI is InChI=1S/C24H40N8/c25-13-18-32-16-11-20(12-17-32)28-23-21-9-4-5-10-22(21)29-24(30-23)31-27-15-6-14-26-19-7-2-1-3-8-19/h4-5,9-10,19-20,26-27H,1-3,6-8,11-18,25H2,(H2,28,29,30,31). The Balaban J connectivity index is 1.27. The minimum Gasteiger partial charge on any atom is -0.367 e. The topological polar surface area (TPSA) is 103 Å². The van der Waals surface area contributed by atoms with Crippen LogP contribution in [0.3, 0.4) is 0 Å². The maximum absolute atomic E-state index is 5.71. The maximum atomic E-state index is 5.71. The van der Waals surface area contributed by atoms with E-state index in [1.807, 2.05) is 18.2 Å². The third-order valence-corrected chi connectivity index (χ3v) is 6.69. The summed E-state index contributed by atoms with van der Waals surface area (Å²) in [5, 5.41) is 8.45. The maximum Gasteiger partial charge on any atom is 0.239 e. The van der Waals surface area contributed by atoms with Crippen LogP contribution in [0.2, 0.25) is 0 Å². The molecule has 1 aromatic heterocycles. The van der Waals surface area contributed by atoms with Crippen molar-refractivity contribution in [3.8, 4) is 0 Å². The molecule has 1 saturated heterocycles. The van der Waals surface area contributed by atoms with Crippen molar-refractivity contribution >= 4 is 22.7 Å². The third kappa shape index (κ3) is 6.75. The second kappa shape index (κ2) is 12.3. The minimum absolute atomic E-state index is 0.425. The number of benzene rings is 1. The predicted octanol–water partition coefficient (Wildman–Crippen LogP) is 2.69. The summed E-state index contributed by atoms with van der Waals surface area (Å²) in [6.45, 7) is 5.80. The molecule has 176 valence electrons. The lowest BCUT2D eigenvalue weighted by Gasteiger charge is -2.32. The van der Waals surface area contributed by atoms with Gasteiger partial charge in [0.25, 0.3) is 0 Å². The summed E-state index contributed by atoms with van der Waals surface area (Å²) in [5.74, 6) is 1.53. The zero-order valence-electron chi connectivity index (χ0n) is 19.3. The third-order valence-electron chi connectivity index (χ3n) is 6.69. The van der Waals surface area contributed by atoms with Crippen LogP contribution in [0, 0.1) is 0 Å². The van der Waals surface area contributed by atoms with E-state index < -0.39 is 0 Å². The van der Waals surface area contributed by atoms with Gasteiger partial charge in [-0.3, -0.25) is 5.43 Å². The first-order valence-electron chi connectivity index (χ1n) is 12.5. The second-order valence-corrected chi connectivity index (χ2v) is 9.16. The van der Waals surface area contributed by atoms with Gasteiger partial charge < -0.3 is 21.3 Å². The lowest BCUT2D eigenvalue weighted by atomic mass is 9.95. The molecule has 0 amide bonds. The number of piperidine rings is 1. The van der Waals surface area contributed by atoms with Gasteiger partial charge in [0.05, 0.1) is 5.52 Å². The average molecular weight is 441 g/mol. The van der Waals surface area contributed by atoms with Crippen molar-refractivity contribution in [3.63, 3.8) is 0 Å². The van der Waals surface area contributed by atoms with Crippen LogP contribution < -0.4 is 27.2 Å². The van der Waals surface area contributed by atoms with Crippen molar-refractivity contribution in [1.29, 1.82) is 0 Å². The lowest BCUT2D eigenvalue weighted by molar-refractivity contribution is 0.224. The number of rotatable bonds is 11. The Kier molecular flexibility index (Phi) is 8.90. The molecule has 1 aromatic carbocycles. The summed E-state index contributed by atoms with van der Waals surface area (Å²) < 4.78 is 0. The van der Waals surface area contributed by atoms with Crippen LogP contribution in [0.15, 0.2) is 24.3 Å². The Bertz CT molecular complexity index is 815. The Hall–Kier alpha value is -2.00. The molecule has 0 spiro atoms. The molecule has 0 radical (unpaired) electrons. The second-order valence-electron chi connectivity index (χ2n) is 9.16. The van der Waals surface area contributed by atoms with Crippen molar-refractivity contribution in [2.75, 3.05) is 50.0 Å². The van der Waals surface area contributed by atoms with Crippen molar-refractivity contribution < 1.29 is 0 Å². The molecule has 1 aliphatic carbocycles. The fourth-order valence-electron chi connectivity index (χ4n) is 4.85. The number of nitrogens with two attached hydrogens (primary N) is 1. The molecule has 32 heavy (non-hydrogen) atoms. The molecule has 0 unspecified atom stereocenters. The molecule has 6 N–H and O–H groups in total. The Morgan fingerprint density at radius 3 is 2.56 bits per heavy atom. The molecule has 2 fully saturated rings. The fourth-order valence-corrected chi connectivity index (χ4v) is 4.85. The number of anilines is 2. The van der Waals surface area contributed by atoms with Gasteiger partial charge in [-0.2, -0.15) is 4.98 Å². The van der Waals surface area contributed by atoms with Gasteiger partial charge in [-0.25, -0.2) is 10.4 Å². The summed E-state index contributed by atoms with van der Waals surface area (Å²) in [4.78, 5) is 11.9. The van der Waals surface area contributed by atoms with Crippen molar-refractivity contribution in [2.45, 2.75) is 63.5 Å². The highest BCUT2D eigenvalue weighted by Gasteiger charge is 2.20. The quantitative estimate of drug-likeness (QED) is 0.268. The van der Waals surface area contributed by atoms with Crippen molar-refractivity contribution in [2.24, 2.45) is 5.73 Å². The van der Waals surface area contributed by atoms with Gasteiger partial charge in [0.1, 0.15) is 5.82 Å². The van der Waals surface area contributed by atoms with E-state index in [2.05, 4.69) is 32.5 Å². The molecule has 2 heterocycles. The van der Waals surface area contributed by atoms with Gasteiger partial charge in [0.2, 0.25) is 5.95 Å². The largest absolute Gasteiger partial charge is 0.367 e. The zero-order valence-corrected chi connectivity index (χ0v) is 19.3. The number of nitrogens with one attached hydrogen (secondary N) is 4. The van der Waals surface area contributed by atoms with Crippen LogP contribution in [-0.4, -0.2) is 66.2 Å². The highest BCUT2D eigenvalue weighted by atomic mass is 15.4. The van der Waals surface area contributed by atoms with Gasteiger partial charge in [-0.15, -0.1) is 0 Å². The molecule has 4 rings (SSSR count). The Morgan fingerprint density at radius 1 is 0.938 bits per heavy atom. The van der Waals surface area contributed by atoms with Crippen LogP contribution in [0.25, 0.3) is 10.9 Å². The smallest absolute Gasteiger partial charge is 0.239 e. The fraction of sp³-hybridized carbons (Fsp3) is 0.667. The molecule has 1 saturated carbocycles. The van der Waals surface area contributed by atoms with Gasteiger partial charge in [-0.1, -0.05) is 31.4 Å². The Labute approximate surface area is 192 Å². The number of hydrogen-bond donors (Lipinski definition) is 5. The average Bonchev–Trinajstić information content (AvgIpc) is 2.83. The first kappa shape index (κ1) is 23.2. The first-order valence-corrected chi connectivity index (χ1v) is 12.5. The molecule has 2 aromatic rings. The van der Waals surface area contributed by atoms with Crippen LogP contribution in [-0.2, 0) is 0 Å². The summed E-state index contributed by atoms with van der Waals surface area (Å²) in [6.07, 6.45) is 10.1.